The molecule has 1 N–H and O–H groups in total. The minimum absolute atomic E-state index is 0.0329. The first-order valence-electron chi connectivity index (χ1n) is 8.15. The minimum atomic E-state index is -0.465. The fraction of sp³-hybridized carbons (Fsp3) is 0.438. The second kappa shape index (κ2) is 6.98. The van der Waals surface area contributed by atoms with Gasteiger partial charge in [-0.2, -0.15) is 0 Å². The van der Waals surface area contributed by atoms with E-state index in [0.717, 1.165) is 12.8 Å². The van der Waals surface area contributed by atoms with E-state index in [9.17, 15) is 14.9 Å². The summed E-state index contributed by atoms with van der Waals surface area (Å²) in [6, 6.07) is 6.54. The van der Waals surface area contributed by atoms with Crippen LogP contribution in [0, 0.1) is 17.0 Å². The molecule has 2 heterocycles. The van der Waals surface area contributed by atoms with E-state index in [1.807, 2.05) is 7.05 Å². The first-order valence-corrected chi connectivity index (χ1v) is 8.15. The van der Waals surface area contributed by atoms with Gasteiger partial charge in [0.2, 0.25) is 0 Å². The van der Waals surface area contributed by atoms with E-state index in [0.29, 0.717) is 30.5 Å². The third-order valence-electron chi connectivity index (χ3n) is 4.57. The number of nitrogens with one attached hydrogen (secondary N) is 1. The average molecular weight is 344 g/mol. The van der Waals surface area contributed by atoms with Crippen molar-refractivity contribution >= 4 is 11.6 Å². The number of carbonyl (C=O) groups excluding carboxylic acids is 1. The zero-order valence-electron chi connectivity index (χ0n) is 14.2. The highest BCUT2D eigenvalue weighted by atomic mass is 16.6. The Morgan fingerprint density at radius 1 is 1.36 bits per heavy atom. The standard InChI is InChI=1S/C16H20N6O3/c1-11-15(16(23)20-8-6-12(17-2)7-9-20)18-19-21(11)13-4-3-5-14(10-13)22(24)25/h3-5,10,12,17H,6-9H2,1-2H3. The summed E-state index contributed by atoms with van der Waals surface area (Å²) in [5, 5.41) is 22.2. The maximum Gasteiger partial charge on any atom is 0.276 e. The summed E-state index contributed by atoms with van der Waals surface area (Å²) in [7, 11) is 1.93. The summed E-state index contributed by atoms with van der Waals surface area (Å²) in [4.78, 5) is 25.0. The third-order valence-corrected chi connectivity index (χ3v) is 4.57. The van der Waals surface area contributed by atoms with E-state index in [1.165, 1.54) is 16.8 Å². The van der Waals surface area contributed by atoms with Gasteiger partial charge in [-0.05, 0) is 32.9 Å². The van der Waals surface area contributed by atoms with Crippen LogP contribution in [-0.4, -0.2) is 56.9 Å². The number of piperidine rings is 1. The number of non-ortho nitro benzene ring substituents is 1. The summed E-state index contributed by atoms with van der Waals surface area (Å²) in [5.74, 6) is -0.149. The molecule has 1 fully saturated rings. The number of hydrogen-bond donors (Lipinski definition) is 1. The Labute approximate surface area is 144 Å². The van der Waals surface area contributed by atoms with Gasteiger partial charge in [-0.25, -0.2) is 4.68 Å². The molecule has 25 heavy (non-hydrogen) atoms. The normalized spacial score (nSPS) is 15.4. The summed E-state index contributed by atoms with van der Waals surface area (Å²) in [6.07, 6.45) is 1.81. The van der Waals surface area contributed by atoms with Crippen molar-refractivity contribution < 1.29 is 9.72 Å². The summed E-state index contributed by atoms with van der Waals surface area (Å²) in [5.41, 5.74) is 1.33. The SMILES string of the molecule is CNC1CCN(C(=O)c2nnn(-c3cccc([N+](=O)[O-])c3)c2C)CC1. The first kappa shape index (κ1) is 17.0. The quantitative estimate of drug-likeness (QED) is 0.662. The van der Waals surface area contributed by atoms with Crippen LogP contribution in [0.1, 0.15) is 29.0 Å². The van der Waals surface area contributed by atoms with E-state index < -0.39 is 4.92 Å². The molecule has 1 amide bonds. The van der Waals surface area contributed by atoms with Crippen LogP contribution in [0.3, 0.4) is 0 Å². The zero-order chi connectivity index (χ0) is 18.0. The van der Waals surface area contributed by atoms with Crippen LogP contribution in [-0.2, 0) is 0 Å². The first-order chi connectivity index (χ1) is 12.0. The maximum absolute atomic E-state index is 12.7. The summed E-state index contributed by atoms with van der Waals surface area (Å²) >= 11 is 0. The van der Waals surface area contributed by atoms with Crippen molar-refractivity contribution in [3.63, 3.8) is 0 Å². The molecular formula is C16H20N6O3. The molecule has 1 aromatic carbocycles. The molecule has 9 heteroatoms. The second-order valence-electron chi connectivity index (χ2n) is 6.07. The van der Waals surface area contributed by atoms with Gasteiger partial charge in [0, 0.05) is 31.3 Å². The molecule has 1 aliphatic rings. The van der Waals surface area contributed by atoms with Gasteiger partial charge in [-0.15, -0.1) is 5.10 Å². The van der Waals surface area contributed by atoms with Crippen molar-refractivity contribution in [2.24, 2.45) is 0 Å². The third kappa shape index (κ3) is 3.36. The number of carbonyl (C=O) groups is 1. The lowest BCUT2D eigenvalue weighted by molar-refractivity contribution is -0.384. The average Bonchev–Trinajstić information content (AvgIpc) is 3.02. The van der Waals surface area contributed by atoms with Crippen molar-refractivity contribution in [3.05, 3.63) is 45.8 Å². The van der Waals surface area contributed by atoms with Crippen molar-refractivity contribution in [1.29, 1.82) is 0 Å². The molecule has 0 bridgehead atoms. The molecule has 3 rings (SSSR count). The predicted molar refractivity (Wildman–Crippen MR) is 90.7 cm³/mol. The lowest BCUT2D eigenvalue weighted by Gasteiger charge is -2.31. The molecule has 0 saturated carbocycles. The van der Waals surface area contributed by atoms with Gasteiger partial charge in [-0.1, -0.05) is 11.3 Å². The number of amides is 1. The fourth-order valence-corrected chi connectivity index (χ4v) is 3.03. The molecule has 1 aromatic heterocycles. The molecule has 0 radical (unpaired) electrons. The predicted octanol–water partition coefficient (Wildman–Crippen LogP) is 1.31. The Morgan fingerprint density at radius 3 is 2.72 bits per heavy atom. The van der Waals surface area contributed by atoms with E-state index >= 15 is 0 Å². The van der Waals surface area contributed by atoms with Gasteiger partial charge in [0.1, 0.15) is 0 Å². The van der Waals surface area contributed by atoms with Gasteiger partial charge >= 0.3 is 0 Å². The van der Waals surface area contributed by atoms with Crippen LogP contribution in [0.4, 0.5) is 5.69 Å². The van der Waals surface area contributed by atoms with E-state index in [2.05, 4.69) is 15.6 Å². The number of nitrogens with zero attached hydrogens (tertiary/aromatic N) is 5. The van der Waals surface area contributed by atoms with Crippen molar-refractivity contribution in [3.8, 4) is 5.69 Å². The second-order valence-corrected chi connectivity index (χ2v) is 6.07. The molecule has 0 unspecified atom stereocenters. The minimum Gasteiger partial charge on any atom is -0.337 e. The molecular weight excluding hydrogens is 324 g/mol. The monoisotopic (exact) mass is 344 g/mol. The number of aromatic nitrogens is 3. The van der Waals surface area contributed by atoms with Crippen molar-refractivity contribution in [2.45, 2.75) is 25.8 Å². The van der Waals surface area contributed by atoms with E-state index in [4.69, 9.17) is 0 Å². The molecule has 132 valence electrons. The largest absolute Gasteiger partial charge is 0.337 e. The van der Waals surface area contributed by atoms with E-state index in [1.54, 1.807) is 24.0 Å². The Morgan fingerprint density at radius 2 is 2.08 bits per heavy atom. The van der Waals surface area contributed by atoms with Gasteiger partial charge in [0.05, 0.1) is 16.3 Å². The van der Waals surface area contributed by atoms with Crippen molar-refractivity contribution in [2.75, 3.05) is 20.1 Å². The molecule has 1 aliphatic heterocycles. The molecule has 0 aliphatic carbocycles. The number of rotatable bonds is 4. The van der Waals surface area contributed by atoms with Gasteiger partial charge in [0.15, 0.2) is 5.69 Å². The van der Waals surface area contributed by atoms with Gasteiger partial charge in [-0.3, -0.25) is 14.9 Å². The van der Waals surface area contributed by atoms with Gasteiger partial charge < -0.3 is 10.2 Å². The molecule has 0 spiro atoms. The van der Waals surface area contributed by atoms with Crippen LogP contribution in [0.2, 0.25) is 0 Å². The van der Waals surface area contributed by atoms with Crippen LogP contribution in [0.15, 0.2) is 24.3 Å². The summed E-state index contributed by atoms with van der Waals surface area (Å²) < 4.78 is 1.46. The maximum atomic E-state index is 12.7. The fourth-order valence-electron chi connectivity index (χ4n) is 3.03. The number of likely N-dealkylation sites (tertiary alicyclic amines) is 1. The molecule has 1 saturated heterocycles. The summed E-state index contributed by atoms with van der Waals surface area (Å²) in [6.45, 7) is 3.09. The number of nitro groups is 1. The zero-order valence-corrected chi connectivity index (χ0v) is 14.2. The number of hydrogen-bond acceptors (Lipinski definition) is 6. The smallest absolute Gasteiger partial charge is 0.276 e. The lowest BCUT2D eigenvalue weighted by Crippen LogP contribution is -2.44. The Hall–Kier alpha value is -2.81. The highest BCUT2D eigenvalue weighted by Gasteiger charge is 2.27. The highest BCUT2D eigenvalue weighted by molar-refractivity contribution is 5.93. The lowest BCUT2D eigenvalue weighted by atomic mass is 10.0. The van der Waals surface area contributed by atoms with Crippen molar-refractivity contribution in [1.82, 2.24) is 25.2 Å². The Kier molecular flexibility index (Phi) is 4.75. The number of nitro benzene ring substituents is 1. The Bertz CT molecular complexity index is 795. The number of benzene rings is 1. The van der Waals surface area contributed by atoms with Crippen LogP contribution >= 0.6 is 0 Å². The molecule has 9 nitrogen and oxygen atoms in total. The van der Waals surface area contributed by atoms with Crippen LogP contribution in [0.5, 0.6) is 0 Å². The molecule has 0 atom stereocenters. The molecule has 2 aromatic rings. The van der Waals surface area contributed by atoms with Crippen LogP contribution < -0.4 is 5.32 Å². The van der Waals surface area contributed by atoms with Gasteiger partial charge in [0.25, 0.3) is 11.6 Å². The highest BCUT2D eigenvalue weighted by Crippen LogP contribution is 2.20. The van der Waals surface area contributed by atoms with E-state index in [-0.39, 0.29) is 17.3 Å². The van der Waals surface area contributed by atoms with Crippen LogP contribution in [0.25, 0.3) is 5.69 Å². The Balaban J connectivity index is 1.83. The topological polar surface area (TPSA) is 106 Å².